The van der Waals surface area contributed by atoms with Gasteiger partial charge in [-0.2, -0.15) is 12.7 Å². The number of carboxylic acid groups (broad SMARTS) is 1. The molecule has 0 spiro atoms. The summed E-state index contributed by atoms with van der Waals surface area (Å²) >= 11 is 0. The normalized spacial score (nSPS) is 20.9. The standard InChI is InChI=1S/C11H15N3O4S/c15-11(16)10-5-1-2-7-14(10)19(17,18)13-9-4-3-6-12-8-9/h3-4,6,8,10,13H,1-2,5,7H2,(H,15,16). The van der Waals surface area contributed by atoms with E-state index in [0.29, 0.717) is 18.5 Å². The van der Waals surface area contributed by atoms with E-state index in [1.807, 2.05) is 0 Å². The number of piperidine rings is 1. The third kappa shape index (κ3) is 3.21. The number of anilines is 1. The molecule has 1 atom stereocenters. The molecule has 1 unspecified atom stereocenters. The average molecular weight is 285 g/mol. The Hall–Kier alpha value is -1.67. The molecular formula is C11H15N3O4S. The first-order valence-corrected chi connectivity index (χ1v) is 7.37. The fraction of sp³-hybridized carbons (Fsp3) is 0.455. The lowest BCUT2D eigenvalue weighted by atomic mass is 10.1. The molecule has 1 saturated heterocycles. The first kappa shape index (κ1) is 13.8. The SMILES string of the molecule is O=C(O)C1CCCCN1S(=O)(=O)Nc1cccnc1. The molecule has 2 rings (SSSR count). The molecular weight excluding hydrogens is 270 g/mol. The van der Waals surface area contributed by atoms with E-state index < -0.39 is 22.2 Å². The molecule has 1 aromatic rings. The van der Waals surface area contributed by atoms with Crippen LogP contribution in [0.4, 0.5) is 5.69 Å². The van der Waals surface area contributed by atoms with E-state index in [4.69, 9.17) is 5.11 Å². The van der Waals surface area contributed by atoms with Gasteiger partial charge >= 0.3 is 16.2 Å². The van der Waals surface area contributed by atoms with E-state index in [2.05, 4.69) is 9.71 Å². The van der Waals surface area contributed by atoms with Crippen LogP contribution in [0.5, 0.6) is 0 Å². The molecule has 0 radical (unpaired) electrons. The lowest BCUT2D eigenvalue weighted by Crippen LogP contribution is -2.49. The molecule has 0 aromatic carbocycles. The predicted octanol–water partition coefficient (Wildman–Crippen LogP) is 0.677. The van der Waals surface area contributed by atoms with Crippen LogP contribution in [0, 0.1) is 0 Å². The third-order valence-corrected chi connectivity index (χ3v) is 4.50. The van der Waals surface area contributed by atoms with Crippen molar-refractivity contribution in [1.82, 2.24) is 9.29 Å². The number of pyridine rings is 1. The highest BCUT2D eigenvalue weighted by molar-refractivity contribution is 7.90. The largest absolute Gasteiger partial charge is 0.480 e. The molecule has 0 aliphatic carbocycles. The summed E-state index contributed by atoms with van der Waals surface area (Å²) in [6, 6.07) is 2.16. The van der Waals surface area contributed by atoms with Gasteiger partial charge in [0.1, 0.15) is 6.04 Å². The maximum atomic E-state index is 12.2. The Kier molecular flexibility index (Phi) is 4.01. The topological polar surface area (TPSA) is 99.6 Å². The van der Waals surface area contributed by atoms with Crippen molar-refractivity contribution in [3.05, 3.63) is 24.5 Å². The van der Waals surface area contributed by atoms with Gasteiger partial charge in [-0.25, -0.2) is 0 Å². The van der Waals surface area contributed by atoms with Crippen LogP contribution in [0.15, 0.2) is 24.5 Å². The van der Waals surface area contributed by atoms with Crippen LogP contribution in [0.1, 0.15) is 19.3 Å². The zero-order valence-corrected chi connectivity index (χ0v) is 11.0. The number of aliphatic carboxylic acids is 1. The molecule has 0 bridgehead atoms. The van der Waals surface area contributed by atoms with Crippen LogP contribution in [-0.2, 0) is 15.0 Å². The first-order chi connectivity index (χ1) is 9.00. The quantitative estimate of drug-likeness (QED) is 0.847. The molecule has 1 fully saturated rings. The van der Waals surface area contributed by atoms with Gasteiger partial charge in [0.25, 0.3) is 0 Å². The Bertz CT molecular complexity index is 546. The Morgan fingerprint density at radius 1 is 1.47 bits per heavy atom. The fourth-order valence-electron chi connectivity index (χ4n) is 2.07. The molecule has 1 aliphatic rings. The number of nitrogens with one attached hydrogen (secondary N) is 1. The molecule has 1 aromatic heterocycles. The summed E-state index contributed by atoms with van der Waals surface area (Å²) in [5, 5.41) is 9.09. The minimum absolute atomic E-state index is 0.215. The fourth-order valence-corrected chi connectivity index (χ4v) is 3.51. The molecule has 8 heteroatoms. The lowest BCUT2D eigenvalue weighted by molar-refractivity contribution is -0.142. The van der Waals surface area contributed by atoms with Crippen molar-refractivity contribution in [3.8, 4) is 0 Å². The summed E-state index contributed by atoms with van der Waals surface area (Å²) in [7, 11) is -3.87. The van der Waals surface area contributed by atoms with E-state index in [-0.39, 0.29) is 6.54 Å². The summed E-state index contributed by atoms with van der Waals surface area (Å²) in [5.41, 5.74) is 0.317. The molecule has 0 amide bonds. The molecule has 7 nitrogen and oxygen atoms in total. The van der Waals surface area contributed by atoms with Gasteiger partial charge < -0.3 is 5.11 Å². The zero-order chi connectivity index (χ0) is 13.9. The van der Waals surface area contributed by atoms with Gasteiger partial charge in [0.2, 0.25) is 0 Å². The van der Waals surface area contributed by atoms with Gasteiger partial charge in [-0.05, 0) is 31.4 Å². The maximum Gasteiger partial charge on any atom is 0.322 e. The van der Waals surface area contributed by atoms with Gasteiger partial charge in [-0.3, -0.25) is 14.5 Å². The average Bonchev–Trinajstić information content (AvgIpc) is 2.39. The Balaban J connectivity index is 2.20. The highest BCUT2D eigenvalue weighted by Crippen LogP contribution is 2.22. The second-order valence-electron chi connectivity index (χ2n) is 4.31. The molecule has 2 heterocycles. The van der Waals surface area contributed by atoms with Crippen molar-refractivity contribution < 1.29 is 18.3 Å². The van der Waals surface area contributed by atoms with Crippen LogP contribution < -0.4 is 4.72 Å². The number of aromatic nitrogens is 1. The van der Waals surface area contributed by atoms with Crippen molar-refractivity contribution in [2.24, 2.45) is 0 Å². The third-order valence-electron chi connectivity index (χ3n) is 2.96. The van der Waals surface area contributed by atoms with Crippen LogP contribution in [-0.4, -0.2) is 41.4 Å². The van der Waals surface area contributed by atoms with Crippen molar-refractivity contribution in [2.75, 3.05) is 11.3 Å². The zero-order valence-electron chi connectivity index (χ0n) is 10.2. The van der Waals surface area contributed by atoms with Gasteiger partial charge in [-0.15, -0.1) is 0 Å². The Morgan fingerprint density at radius 2 is 2.26 bits per heavy atom. The van der Waals surface area contributed by atoms with Gasteiger partial charge in [0.15, 0.2) is 0 Å². The van der Waals surface area contributed by atoms with Crippen molar-refractivity contribution >= 4 is 21.9 Å². The van der Waals surface area contributed by atoms with Gasteiger partial charge in [0.05, 0.1) is 11.9 Å². The van der Waals surface area contributed by atoms with E-state index in [1.165, 1.54) is 12.4 Å². The van der Waals surface area contributed by atoms with E-state index >= 15 is 0 Å². The highest BCUT2D eigenvalue weighted by atomic mass is 32.2. The smallest absolute Gasteiger partial charge is 0.322 e. The van der Waals surface area contributed by atoms with Crippen LogP contribution in [0.3, 0.4) is 0 Å². The number of rotatable bonds is 4. The summed E-state index contributed by atoms with van der Waals surface area (Å²) in [6.07, 6.45) is 4.62. The number of hydrogen-bond acceptors (Lipinski definition) is 4. The second-order valence-corrected chi connectivity index (χ2v) is 5.93. The summed E-state index contributed by atoms with van der Waals surface area (Å²) in [5.74, 6) is -1.11. The molecule has 19 heavy (non-hydrogen) atoms. The highest BCUT2D eigenvalue weighted by Gasteiger charge is 2.36. The van der Waals surface area contributed by atoms with Crippen LogP contribution >= 0.6 is 0 Å². The Labute approximate surface area is 111 Å². The summed E-state index contributed by atoms with van der Waals surface area (Å²) < 4.78 is 27.7. The minimum atomic E-state index is -3.87. The Morgan fingerprint density at radius 3 is 2.89 bits per heavy atom. The molecule has 2 N–H and O–H groups in total. The summed E-state index contributed by atoms with van der Waals surface area (Å²) in [4.78, 5) is 14.9. The predicted molar refractivity (Wildman–Crippen MR) is 68.8 cm³/mol. The second kappa shape index (κ2) is 5.54. The van der Waals surface area contributed by atoms with Crippen LogP contribution in [0.25, 0.3) is 0 Å². The lowest BCUT2D eigenvalue weighted by Gasteiger charge is -2.31. The van der Waals surface area contributed by atoms with E-state index in [1.54, 1.807) is 12.1 Å². The minimum Gasteiger partial charge on any atom is -0.480 e. The van der Waals surface area contributed by atoms with Crippen molar-refractivity contribution in [3.63, 3.8) is 0 Å². The van der Waals surface area contributed by atoms with Crippen LogP contribution in [0.2, 0.25) is 0 Å². The van der Waals surface area contributed by atoms with E-state index in [0.717, 1.165) is 10.7 Å². The maximum absolute atomic E-state index is 12.2. The molecule has 1 aliphatic heterocycles. The number of carbonyl (C=O) groups is 1. The first-order valence-electron chi connectivity index (χ1n) is 5.93. The van der Waals surface area contributed by atoms with Gasteiger partial charge in [0, 0.05) is 12.7 Å². The number of nitrogens with zero attached hydrogens (tertiary/aromatic N) is 2. The molecule has 0 saturated carbocycles. The number of hydrogen-bond donors (Lipinski definition) is 2. The van der Waals surface area contributed by atoms with Crippen molar-refractivity contribution in [1.29, 1.82) is 0 Å². The summed E-state index contributed by atoms with van der Waals surface area (Å²) in [6.45, 7) is 0.215. The van der Waals surface area contributed by atoms with Gasteiger partial charge in [-0.1, -0.05) is 0 Å². The van der Waals surface area contributed by atoms with E-state index in [9.17, 15) is 13.2 Å². The molecule has 104 valence electrons. The number of carboxylic acids is 1. The monoisotopic (exact) mass is 285 g/mol. The van der Waals surface area contributed by atoms with Crippen molar-refractivity contribution in [2.45, 2.75) is 25.3 Å².